The van der Waals surface area contributed by atoms with E-state index in [4.69, 9.17) is 10.00 Å². The van der Waals surface area contributed by atoms with E-state index in [1.165, 1.54) is 12.1 Å². The highest BCUT2D eigenvalue weighted by Crippen LogP contribution is 2.16. The van der Waals surface area contributed by atoms with Crippen LogP contribution in [0.1, 0.15) is 16.7 Å². The van der Waals surface area contributed by atoms with Crippen LogP contribution in [0.25, 0.3) is 0 Å². The van der Waals surface area contributed by atoms with E-state index in [-0.39, 0.29) is 5.82 Å². The Balaban J connectivity index is 2.06. The van der Waals surface area contributed by atoms with Crippen LogP contribution in [0.5, 0.6) is 5.75 Å². The average Bonchev–Trinajstić information content (AvgIpc) is 2.39. The van der Waals surface area contributed by atoms with E-state index in [0.717, 1.165) is 11.1 Å². The first-order valence-electron chi connectivity index (χ1n) is 5.57. The molecule has 2 rings (SSSR count). The standard InChI is InChI=1S/C15H12FNO/c1-11-8-12(9-17)2-3-13(11)10-18-15-6-4-14(16)5-7-15/h2-8H,10H2,1H3. The lowest BCUT2D eigenvalue weighted by molar-refractivity contribution is 0.305. The van der Waals surface area contributed by atoms with Crippen molar-refractivity contribution >= 4 is 0 Å². The Labute approximate surface area is 105 Å². The first-order valence-corrected chi connectivity index (χ1v) is 5.57. The summed E-state index contributed by atoms with van der Waals surface area (Å²) in [6.07, 6.45) is 0. The van der Waals surface area contributed by atoms with E-state index in [1.807, 2.05) is 19.1 Å². The molecule has 3 heteroatoms. The van der Waals surface area contributed by atoms with Crippen LogP contribution in [0.15, 0.2) is 42.5 Å². The van der Waals surface area contributed by atoms with Crippen LogP contribution in [0.2, 0.25) is 0 Å². The van der Waals surface area contributed by atoms with Gasteiger partial charge in [0.05, 0.1) is 11.6 Å². The maximum atomic E-state index is 12.7. The zero-order valence-corrected chi connectivity index (χ0v) is 9.98. The average molecular weight is 241 g/mol. The van der Waals surface area contributed by atoms with Gasteiger partial charge in [-0.15, -0.1) is 0 Å². The highest BCUT2D eigenvalue weighted by atomic mass is 19.1. The number of benzene rings is 2. The molecule has 2 aromatic carbocycles. The normalized spacial score (nSPS) is 9.83. The molecule has 0 fully saturated rings. The minimum absolute atomic E-state index is 0.281. The second-order valence-electron chi connectivity index (χ2n) is 4.00. The summed E-state index contributed by atoms with van der Waals surface area (Å²) in [4.78, 5) is 0. The molecule has 0 heterocycles. The second-order valence-corrected chi connectivity index (χ2v) is 4.00. The summed E-state index contributed by atoms with van der Waals surface area (Å²) < 4.78 is 18.3. The van der Waals surface area contributed by atoms with E-state index >= 15 is 0 Å². The van der Waals surface area contributed by atoms with E-state index in [0.29, 0.717) is 17.9 Å². The van der Waals surface area contributed by atoms with Gasteiger partial charge < -0.3 is 4.74 Å². The van der Waals surface area contributed by atoms with Crippen molar-refractivity contribution in [1.82, 2.24) is 0 Å². The molecule has 0 radical (unpaired) electrons. The fraction of sp³-hybridized carbons (Fsp3) is 0.133. The molecule has 0 aliphatic carbocycles. The van der Waals surface area contributed by atoms with Gasteiger partial charge in [0.1, 0.15) is 18.2 Å². The number of rotatable bonds is 3. The molecule has 0 aromatic heterocycles. The van der Waals surface area contributed by atoms with Crippen molar-refractivity contribution in [2.24, 2.45) is 0 Å². The summed E-state index contributed by atoms with van der Waals surface area (Å²) >= 11 is 0. The third-order valence-electron chi connectivity index (χ3n) is 2.68. The van der Waals surface area contributed by atoms with Crippen LogP contribution >= 0.6 is 0 Å². The van der Waals surface area contributed by atoms with Crippen molar-refractivity contribution in [2.75, 3.05) is 0 Å². The van der Waals surface area contributed by atoms with Gasteiger partial charge in [-0.2, -0.15) is 5.26 Å². The molecule has 0 spiro atoms. The van der Waals surface area contributed by atoms with Gasteiger partial charge in [0, 0.05) is 0 Å². The zero-order valence-electron chi connectivity index (χ0n) is 9.98. The molecule has 18 heavy (non-hydrogen) atoms. The molecule has 2 aromatic rings. The van der Waals surface area contributed by atoms with E-state index in [1.54, 1.807) is 18.2 Å². The Kier molecular flexibility index (Phi) is 3.59. The maximum Gasteiger partial charge on any atom is 0.123 e. The molecule has 0 unspecified atom stereocenters. The van der Waals surface area contributed by atoms with Gasteiger partial charge in [0.2, 0.25) is 0 Å². The van der Waals surface area contributed by atoms with Crippen molar-refractivity contribution in [3.63, 3.8) is 0 Å². The Morgan fingerprint density at radius 1 is 1.17 bits per heavy atom. The summed E-state index contributed by atoms with van der Waals surface area (Å²) in [6.45, 7) is 2.34. The quantitative estimate of drug-likeness (QED) is 0.822. The summed E-state index contributed by atoms with van der Waals surface area (Å²) in [7, 11) is 0. The minimum atomic E-state index is -0.281. The molecule has 0 amide bonds. The first-order chi connectivity index (χ1) is 8.69. The summed E-state index contributed by atoms with van der Waals surface area (Å²) in [5.41, 5.74) is 2.66. The second kappa shape index (κ2) is 5.33. The number of ether oxygens (including phenoxy) is 1. The number of hydrogen-bond acceptors (Lipinski definition) is 2. The van der Waals surface area contributed by atoms with Crippen LogP contribution in [0, 0.1) is 24.1 Å². The monoisotopic (exact) mass is 241 g/mol. The van der Waals surface area contributed by atoms with Gasteiger partial charge in [-0.25, -0.2) is 4.39 Å². The van der Waals surface area contributed by atoms with Crippen LogP contribution < -0.4 is 4.74 Å². The fourth-order valence-corrected chi connectivity index (χ4v) is 1.62. The van der Waals surface area contributed by atoms with E-state index < -0.39 is 0 Å². The molecule has 2 nitrogen and oxygen atoms in total. The van der Waals surface area contributed by atoms with Gasteiger partial charge in [-0.3, -0.25) is 0 Å². The summed E-state index contributed by atoms with van der Waals surface area (Å²) in [6, 6.07) is 13.5. The van der Waals surface area contributed by atoms with E-state index in [9.17, 15) is 4.39 Å². The van der Waals surface area contributed by atoms with Crippen molar-refractivity contribution in [2.45, 2.75) is 13.5 Å². The topological polar surface area (TPSA) is 33.0 Å². The smallest absolute Gasteiger partial charge is 0.123 e. The van der Waals surface area contributed by atoms with Crippen LogP contribution in [0.4, 0.5) is 4.39 Å². The lowest BCUT2D eigenvalue weighted by atomic mass is 10.1. The van der Waals surface area contributed by atoms with E-state index in [2.05, 4.69) is 6.07 Å². The van der Waals surface area contributed by atoms with Crippen molar-refractivity contribution < 1.29 is 9.13 Å². The Bertz CT molecular complexity index is 584. The van der Waals surface area contributed by atoms with Gasteiger partial charge in [-0.1, -0.05) is 6.07 Å². The molecule has 0 saturated carbocycles. The predicted molar refractivity (Wildman–Crippen MR) is 66.6 cm³/mol. The predicted octanol–water partition coefficient (Wildman–Crippen LogP) is 3.58. The molecule has 0 aliphatic rings. The largest absolute Gasteiger partial charge is 0.489 e. The Hall–Kier alpha value is -2.34. The fourth-order valence-electron chi connectivity index (χ4n) is 1.62. The molecule has 0 aliphatic heterocycles. The Morgan fingerprint density at radius 3 is 2.50 bits per heavy atom. The number of halogens is 1. The SMILES string of the molecule is Cc1cc(C#N)ccc1COc1ccc(F)cc1. The van der Waals surface area contributed by atoms with Gasteiger partial charge in [0.15, 0.2) is 0 Å². The van der Waals surface area contributed by atoms with Crippen molar-refractivity contribution in [3.05, 3.63) is 65.0 Å². The third-order valence-corrected chi connectivity index (χ3v) is 2.68. The lowest BCUT2D eigenvalue weighted by Gasteiger charge is -2.08. The molecule has 90 valence electrons. The molecule has 0 N–H and O–H groups in total. The van der Waals surface area contributed by atoms with Crippen molar-refractivity contribution in [3.8, 4) is 11.8 Å². The van der Waals surface area contributed by atoms with Crippen molar-refractivity contribution in [1.29, 1.82) is 5.26 Å². The third kappa shape index (κ3) is 2.86. The lowest BCUT2D eigenvalue weighted by Crippen LogP contribution is -1.98. The highest BCUT2D eigenvalue weighted by Gasteiger charge is 2.01. The molecule has 0 saturated heterocycles. The molecular formula is C15H12FNO. The molecular weight excluding hydrogens is 229 g/mol. The zero-order chi connectivity index (χ0) is 13.0. The minimum Gasteiger partial charge on any atom is -0.489 e. The van der Waals surface area contributed by atoms with Gasteiger partial charge in [-0.05, 0) is 54.4 Å². The number of nitrogens with zero attached hydrogens (tertiary/aromatic N) is 1. The summed E-state index contributed by atoms with van der Waals surface area (Å²) in [5, 5.41) is 8.77. The number of hydrogen-bond donors (Lipinski definition) is 0. The number of nitriles is 1. The first kappa shape index (κ1) is 12.1. The van der Waals surface area contributed by atoms with Crippen LogP contribution in [-0.4, -0.2) is 0 Å². The summed E-state index contributed by atoms with van der Waals surface area (Å²) in [5.74, 6) is 0.345. The van der Waals surface area contributed by atoms with Crippen LogP contribution in [0.3, 0.4) is 0 Å². The molecule has 0 bridgehead atoms. The van der Waals surface area contributed by atoms with Crippen LogP contribution in [-0.2, 0) is 6.61 Å². The molecule has 0 atom stereocenters. The number of aryl methyl sites for hydroxylation is 1. The van der Waals surface area contributed by atoms with Gasteiger partial charge in [0.25, 0.3) is 0 Å². The Morgan fingerprint density at radius 2 is 1.89 bits per heavy atom. The van der Waals surface area contributed by atoms with Gasteiger partial charge >= 0.3 is 0 Å². The highest BCUT2D eigenvalue weighted by molar-refractivity contribution is 5.37. The maximum absolute atomic E-state index is 12.7.